The highest BCUT2D eigenvalue weighted by Crippen LogP contribution is 2.41. The molecular formula is C46H48N8O6. The summed E-state index contributed by atoms with van der Waals surface area (Å²) >= 11 is 0. The number of hydrogen-bond donors (Lipinski definition) is 4. The van der Waals surface area contributed by atoms with Gasteiger partial charge in [0, 0.05) is 12.6 Å². The van der Waals surface area contributed by atoms with Gasteiger partial charge >= 0.3 is 12.2 Å². The van der Waals surface area contributed by atoms with Gasteiger partial charge in [-0.2, -0.15) is 0 Å². The lowest BCUT2D eigenvalue weighted by Gasteiger charge is -2.37. The van der Waals surface area contributed by atoms with Crippen LogP contribution in [0.15, 0.2) is 91.0 Å². The molecule has 3 aliphatic heterocycles. The first-order chi connectivity index (χ1) is 29.2. The van der Waals surface area contributed by atoms with E-state index in [1.807, 2.05) is 52.3 Å². The van der Waals surface area contributed by atoms with Crippen molar-refractivity contribution in [1.82, 2.24) is 40.4 Å². The summed E-state index contributed by atoms with van der Waals surface area (Å²) in [5.74, 6) is 1.24. The van der Waals surface area contributed by atoms with Crippen LogP contribution < -0.4 is 10.6 Å². The number of rotatable bonds is 10. The summed E-state index contributed by atoms with van der Waals surface area (Å²) < 4.78 is 9.59. The molecule has 14 heteroatoms. The fourth-order valence-electron chi connectivity index (χ4n) is 9.29. The molecule has 6 aromatic rings. The van der Waals surface area contributed by atoms with Crippen molar-refractivity contribution in [2.45, 2.75) is 81.6 Å². The maximum atomic E-state index is 14.0. The van der Waals surface area contributed by atoms with E-state index < -0.39 is 24.3 Å². The lowest BCUT2D eigenvalue weighted by Crippen LogP contribution is -2.54. The minimum Gasteiger partial charge on any atom is -0.453 e. The highest BCUT2D eigenvalue weighted by atomic mass is 16.5. The number of likely N-dealkylation sites (tertiary alicyclic amines) is 1. The van der Waals surface area contributed by atoms with Crippen molar-refractivity contribution in [3.05, 3.63) is 130 Å². The van der Waals surface area contributed by atoms with Crippen molar-refractivity contribution in [2.24, 2.45) is 0 Å². The Bertz CT molecular complexity index is 2550. The van der Waals surface area contributed by atoms with Crippen LogP contribution in [0.25, 0.3) is 22.1 Å². The molecule has 0 radical (unpaired) electrons. The van der Waals surface area contributed by atoms with E-state index in [-0.39, 0.29) is 29.9 Å². The second-order valence-corrected chi connectivity index (χ2v) is 16.0. The van der Waals surface area contributed by atoms with Crippen molar-refractivity contribution in [3.8, 4) is 0 Å². The van der Waals surface area contributed by atoms with Crippen LogP contribution in [0.1, 0.15) is 96.1 Å². The summed E-state index contributed by atoms with van der Waals surface area (Å²) in [5, 5.41) is 5.43. The van der Waals surface area contributed by atoms with Gasteiger partial charge < -0.3 is 39.9 Å². The van der Waals surface area contributed by atoms with Gasteiger partial charge in [-0.1, -0.05) is 66.7 Å². The van der Waals surface area contributed by atoms with Crippen LogP contribution in [0.5, 0.6) is 0 Å². The predicted molar refractivity (Wildman–Crippen MR) is 224 cm³/mol. The fraction of sp³-hybridized carbons (Fsp3) is 0.348. The summed E-state index contributed by atoms with van der Waals surface area (Å²) in [7, 11) is 2.59. The van der Waals surface area contributed by atoms with E-state index in [0.29, 0.717) is 18.5 Å². The third-order valence-corrected chi connectivity index (χ3v) is 12.3. The number of nitrogens with one attached hydrogen (secondary N) is 4. The SMILES string of the molecule is COC(=O)N[C@H]1CC[C@H]2CC[C@@H](c3nc4ccc(Cc5ccc(Cc6ccc7nc([C@@H]8CCCN8C(=O)[C@H](NC(=O)OC)c8ccccc8)[nH]c7c6)cc5)cc4[nH]3)N2C1=O. The third kappa shape index (κ3) is 7.76. The van der Waals surface area contributed by atoms with Gasteiger partial charge in [0.1, 0.15) is 23.7 Å². The molecule has 3 saturated heterocycles. The van der Waals surface area contributed by atoms with E-state index in [1.54, 1.807) is 0 Å². The van der Waals surface area contributed by atoms with E-state index in [9.17, 15) is 19.2 Å². The van der Waals surface area contributed by atoms with Crippen LogP contribution in [0.4, 0.5) is 9.59 Å². The first-order valence-electron chi connectivity index (χ1n) is 20.7. The molecule has 2 aromatic heterocycles. The van der Waals surface area contributed by atoms with Crippen molar-refractivity contribution in [1.29, 1.82) is 0 Å². The molecule has 0 bridgehead atoms. The van der Waals surface area contributed by atoms with Crippen LogP contribution in [0, 0.1) is 0 Å². The number of benzene rings is 4. The summed E-state index contributed by atoms with van der Waals surface area (Å²) in [6, 6.07) is 28.7. The Hall–Kier alpha value is -6.70. The second-order valence-electron chi connectivity index (χ2n) is 16.0. The molecule has 4 aromatic carbocycles. The number of H-pyrrole nitrogens is 2. The predicted octanol–water partition coefficient (Wildman–Crippen LogP) is 6.93. The number of hydrogen-bond acceptors (Lipinski definition) is 8. The molecule has 308 valence electrons. The first kappa shape index (κ1) is 38.8. The fourth-order valence-corrected chi connectivity index (χ4v) is 9.29. The third-order valence-electron chi connectivity index (χ3n) is 12.3. The van der Waals surface area contributed by atoms with Crippen molar-refractivity contribution >= 4 is 46.1 Å². The summed E-state index contributed by atoms with van der Waals surface area (Å²) in [6.45, 7) is 0.565. The maximum Gasteiger partial charge on any atom is 0.407 e. The molecule has 4 amide bonds. The maximum absolute atomic E-state index is 14.0. The number of piperidine rings is 1. The van der Waals surface area contributed by atoms with Crippen LogP contribution >= 0.6 is 0 Å². The molecular weight excluding hydrogens is 761 g/mol. The molecule has 5 atom stereocenters. The number of methoxy groups -OCH3 is 2. The molecule has 4 N–H and O–H groups in total. The molecule has 3 aliphatic rings. The largest absolute Gasteiger partial charge is 0.453 e. The van der Waals surface area contributed by atoms with E-state index >= 15 is 0 Å². The van der Waals surface area contributed by atoms with Gasteiger partial charge in [-0.15, -0.1) is 0 Å². The first-order valence-corrected chi connectivity index (χ1v) is 20.7. The van der Waals surface area contributed by atoms with Crippen LogP contribution in [-0.4, -0.2) is 86.6 Å². The number of aromatic nitrogens is 4. The quantitative estimate of drug-likeness (QED) is 0.115. The Balaban J connectivity index is 0.847. The summed E-state index contributed by atoms with van der Waals surface area (Å²) in [6.07, 6.45) is 5.04. The zero-order chi connectivity index (χ0) is 41.3. The monoisotopic (exact) mass is 808 g/mol. The normalized spacial score (nSPS) is 20.6. The highest BCUT2D eigenvalue weighted by Gasteiger charge is 2.45. The van der Waals surface area contributed by atoms with Gasteiger partial charge in [0.15, 0.2) is 0 Å². The van der Waals surface area contributed by atoms with Gasteiger partial charge in [0.05, 0.1) is 48.4 Å². The Morgan fingerprint density at radius 3 is 1.92 bits per heavy atom. The molecule has 14 nitrogen and oxygen atoms in total. The minimum atomic E-state index is -0.872. The lowest BCUT2D eigenvalue weighted by molar-refractivity contribution is -0.139. The number of imidazole rings is 2. The number of aromatic amines is 2. The molecule has 0 spiro atoms. The number of alkyl carbamates (subject to hydrolysis) is 2. The van der Waals surface area contributed by atoms with E-state index in [2.05, 4.69) is 69.1 Å². The van der Waals surface area contributed by atoms with E-state index in [0.717, 1.165) is 89.8 Å². The van der Waals surface area contributed by atoms with Crippen molar-refractivity contribution in [2.75, 3.05) is 20.8 Å². The van der Waals surface area contributed by atoms with Gasteiger partial charge in [-0.3, -0.25) is 9.59 Å². The van der Waals surface area contributed by atoms with Gasteiger partial charge in [-0.25, -0.2) is 19.6 Å². The highest BCUT2D eigenvalue weighted by molar-refractivity contribution is 5.88. The van der Waals surface area contributed by atoms with Gasteiger partial charge in [0.2, 0.25) is 5.91 Å². The standard InChI is InChI=1S/C46H48N8O6/c1-59-45(57)51-35-20-16-32-17-21-39(54(32)43(35)55)42-48-34-19-15-30(26-37(34)50-42)24-28-12-10-27(11-13-28)23-29-14-18-33-36(25-29)49-41(47-33)38-9-6-22-53(38)44(56)40(52-46(58)60-2)31-7-4-3-5-8-31/h3-5,7-8,10-15,18-19,25-26,32,35,38-40H,6,9,16-17,20-24H2,1-2H3,(H,47,49)(H,48,50)(H,51,57)(H,52,58)/t32-,35-,38-,39-,40+/m0/s1. The Morgan fingerprint density at radius 2 is 1.30 bits per heavy atom. The average Bonchev–Trinajstić information content (AvgIpc) is 4.09. The van der Waals surface area contributed by atoms with Gasteiger partial charge in [-0.05, 0) is 103 Å². The smallest absolute Gasteiger partial charge is 0.407 e. The number of fused-ring (bicyclic) bond motifs is 3. The molecule has 60 heavy (non-hydrogen) atoms. The zero-order valence-electron chi connectivity index (χ0n) is 33.6. The van der Waals surface area contributed by atoms with Crippen molar-refractivity contribution < 1.29 is 28.7 Å². The van der Waals surface area contributed by atoms with E-state index in [4.69, 9.17) is 19.4 Å². The summed E-state index contributed by atoms with van der Waals surface area (Å²) in [4.78, 5) is 72.1. The van der Waals surface area contributed by atoms with Crippen LogP contribution in [0.3, 0.4) is 0 Å². The molecule has 3 fully saturated rings. The lowest BCUT2D eigenvalue weighted by atomic mass is 9.98. The Morgan fingerprint density at radius 1 is 0.717 bits per heavy atom. The molecule has 0 saturated carbocycles. The molecule has 0 aliphatic carbocycles. The zero-order valence-corrected chi connectivity index (χ0v) is 33.6. The number of ether oxygens (including phenoxy) is 2. The van der Waals surface area contributed by atoms with E-state index in [1.165, 1.54) is 25.3 Å². The summed E-state index contributed by atoms with van der Waals surface area (Å²) in [5.41, 5.74) is 8.93. The Kier molecular flexibility index (Phi) is 10.7. The molecule has 5 heterocycles. The molecule has 9 rings (SSSR count). The Labute approximate surface area is 347 Å². The molecule has 0 unspecified atom stereocenters. The minimum absolute atomic E-state index is 0.0774. The number of nitrogens with zero attached hydrogens (tertiary/aromatic N) is 4. The number of carbonyl (C=O) groups is 4. The van der Waals surface area contributed by atoms with Crippen LogP contribution in [0.2, 0.25) is 0 Å². The topological polar surface area (TPSA) is 175 Å². The van der Waals surface area contributed by atoms with Crippen LogP contribution in [-0.2, 0) is 31.9 Å². The number of carbonyl (C=O) groups excluding carboxylic acids is 4. The number of amides is 4. The average molecular weight is 809 g/mol. The second kappa shape index (κ2) is 16.5. The van der Waals surface area contributed by atoms with Gasteiger partial charge in [0.25, 0.3) is 5.91 Å². The van der Waals surface area contributed by atoms with Crippen molar-refractivity contribution in [3.63, 3.8) is 0 Å².